The highest BCUT2D eigenvalue weighted by Gasteiger charge is 2.27. The van der Waals surface area contributed by atoms with E-state index in [9.17, 15) is 8.78 Å². The molecule has 1 heterocycles. The van der Waals surface area contributed by atoms with E-state index in [4.69, 9.17) is 0 Å². The minimum Gasteiger partial charge on any atom is -0.270 e. The minimum absolute atomic E-state index is 0.333. The third-order valence-corrected chi connectivity index (χ3v) is 3.00. The molecule has 0 radical (unpaired) electrons. The predicted molar refractivity (Wildman–Crippen MR) is 49.2 cm³/mol. The van der Waals surface area contributed by atoms with Crippen molar-refractivity contribution in [3.05, 3.63) is 18.5 Å². The molecule has 0 N–H and O–H groups in total. The highest BCUT2D eigenvalue weighted by Crippen LogP contribution is 2.34. The van der Waals surface area contributed by atoms with Crippen LogP contribution < -0.4 is 0 Å². The average Bonchev–Trinajstić information content (AvgIpc) is 2.71. The second-order valence-electron chi connectivity index (χ2n) is 3.89. The lowest BCUT2D eigenvalue weighted by molar-refractivity contribution is 0.0467. The molecule has 1 saturated carbocycles. The van der Waals surface area contributed by atoms with Crippen LogP contribution in [0.1, 0.15) is 31.7 Å². The van der Waals surface area contributed by atoms with Gasteiger partial charge >= 0.3 is 0 Å². The van der Waals surface area contributed by atoms with Gasteiger partial charge in [0.15, 0.2) is 0 Å². The first-order valence-corrected chi connectivity index (χ1v) is 5.04. The van der Waals surface area contributed by atoms with Crippen LogP contribution >= 0.6 is 0 Å². The van der Waals surface area contributed by atoms with E-state index in [2.05, 4.69) is 5.10 Å². The van der Waals surface area contributed by atoms with Crippen LogP contribution in [0.25, 0.3) is 0 Å². The van der Waals surface area contributed by atoms with E-state index in [0.717, 1.165) is 12.8 Å². The molecule has 0 atom stereocenters. The predicted octanol–water partition coefficient (Wildman–Crippen LogP) is 2.88. The molecule has 1 aromatic rings. The van der Waals surface area contributed by atoms with Crippen LogP contribution in [0.15, 0.2) is 18.5 Å². The van der Waals surface area contributed by atoms with Crippen LogP contribution in [0.4, 0.5) is 8.78 Å². The van der Waals surface area contributed by atoms with E-state index in [1.807, 2.05) is 16.9 Å². The number of aromatic nitrogens is 2. The van der Waals surface area contributed by atoms with Gasteiger partial charge in [-0.05, 0) is 31.7 Å². The Morgan fingerprint density at radius 3 is 2.43 bits per heavy atom. The maximum absolute atomic E-state index is 12.4. The first kappa shape index (κ1) is 9.62. The van der Waals surface area contributed by atoms with Crippen LogP contribution in [0, 0.1) is 5.92 Å². The molecule has 14 heavy (non-hydrogen) atoms. The summed E-state index contributed by atoms with van der Waals surface area (Å²) in [6.45, 7) is 0. The van der Waals surface area contributed by atoms with E-state index in [1.165, 1.54) is 0 Å². The molecule has 78 valence electrons. The lowest BCUT2D eigenvalue weighted by Gasteiger charge is -2.28. The van der Waals surface area contributed by atoms with Gasteiger partial charge in [0.25, 0.3) is 0 Å². The fourth-order valence-corrected chi connectivity index (χ4v) is 2.11. The molecular formula is C10H14F2N2. The van der Waals surface area contributed by atoms with Gasteiger partial charge < -0.3 is 0 Å². The normalized spacial score (nSPS) is 28.2. The summed E-state index contributed by atoms with van der Waals surface area (Å²) < 4.78 is 26.6. The molecule has 4 heteroatoms. The van der Waals surface area contributed by atoms with Crippen molar-refractivity contribution >= 4 is 0 Å². The number of halogens is 2. The van der Waals surface area contributed by atoms with Gasteiger partial charge in [-0.1, -0.05) is 0 Å². The Morgan fingerprint density at radius 1 is 1.21 bits per heavy atom. The van der Waals surface area contributed by atoms with Gasteiger partial charge in [0.1, 0.15) is 0 Å². The SMILES string of the molecule is FC(F)C1CCC(n2cccn2)CC1. The average molecular weight is 200 g/mol. The molecule has 0 bridgehead atoms. The maximum atomic E-state index is 12.4. The molecule has 1 aliphatic carbocycles. The zero-order valence-electron chi connectivity index (χ0n) is 7.94. The van der Waals surface area contributed by atoms with Crippen molar-refractivity contribution in [2.75, 3.05) is 0 Å². The lowest BCUT2D eigenvalue weighted by atomic mass is 9.86. The van der Waals surface area contributed by atoms with Crippen molar-refractivity contribution in [2.45, 2.75) is 38.2 Å². The first-order valence-electron chi connectivity index (χ1n) is 5.04. The minimum atomic E-state index is -2.14. The summed E-state index contributed by atoms with van der Waals surface area (Å²) in [7, 11) is 0. The lowest BCUT2D eigenvalue weighted by Crippen LogP contribution is -2.22. The van der Waals surface area contributed by atoms with Gasteiger partial charge in [-0.25, -0.2) is 8.78 Å². The van der Waals surface area contributed by atoms with Crippen LogP contribution in [-0.4, -0.2) is 16.2 Å². The topological polar surface area (TPSA) is 17.8 Å². The summed E-state index contributed by atoms with van der Waals surface area (Å²) in [5.74, 6) is -0.387. The summed E-state index contributed by atoms with van der Waals surface area (Å²) >= 11 is 0. The summed E-state index contributed by atoms with van der Waals surface area (Å²) in [6, 6.07) is 2.21. The van der Waals surface area contributed by atoms with E-state index in [1.54, 1.807) is 6.20 Å². The summed E-state index contributed by atoms with van der Waals surface area (Å²) in [5.41, 5.74) is 0. The van der Waals surface area contributed by atoms with E-state index in [-0.39, 0.29) is 5.92 Å². The number of rotatable bonds is 2. The highest BCUT2D eigenvalue weighted by atomic mass is 19.3. The Balaban J connectivity index is 1.90. The van der Waals surface area contributed by atoms with Crippen molar-refractivity contribution in [3.8, 4) is 0 Å². The van der Waals surface area contributed by atoms with Crippen molar-refractivity contribution < 1.29 is 8.78 Å². The van der Waals surface area contributed by atoms with Crippen molar-refractivity contribution in [1.82, 2.24) is 9.78 Å². The second kappa shape index (κ2) is 4.07. The van der Waals surface area contributed by atoms with Gasteiger partial charge in [0, 0.05) is 18.3 Å². The molecule has 1 aliphatic rings. The molecule has 0 amide bonds. The molecule has 0 spiro atoms. The Morgan fingerprint density at radius 2 is 1.93 bits per heavy atom. The zero-order chi connectivity index (χ0) is 9.97. The molecule has 0 aromatic carbocycles. The number of hydrogen-bond acceptors (Lipinski definition) is 1. The van der Waals surface area contributed by atoms with E-state index >= 15 is 0 Å². The first-order chi connectivity index (χ1) is 6.77. The van der Waals surface area contributed by atoms with Crippen molar-refractivity contribution in [3.63, 3.8) is 0 Å². The third kappa shape index (κ3) is 1.94. The van der Waals surface area contributed by atoms with Gasteiger partial charge in [0.2, 0.25) is 6.43 Å². The Hall–Kier alpha value is -0.930. The quantitative estimate of drug-likeness (QED) is 0.717. The largest absolute Gasteiger partial charge is 0.270 e. The van der Waals surface area contributed by atoms with Crippen molar-refractivity contribution in [2.24, 2.45) is 5.92 Å². The van der Waals surface area contributed by atoms with E-state index in [0.29, 0.717) is 18.9 Å². The Bertz CT molecular complexity index is 264. The molecule has 0 aliphatic heterocycles. The monoisotopic (exact) mass is 200 g/mol. The Kier molecular flexibility index (Phi) is 2.79. The van der Waals surface area contributed by atoms with Crippen LogP contribution in [0.5, 0.6) is 0 Å². The Labute approximate surface area is 81.9 Å². The summed E-state index contributed by atoms with van der Waals surface area (Å²) in [5, 5.41) is 4.14. The summed E-state index contributed by atoms with van der Waals surface area (Å²) in [6.07, 6.45) is 4.42. The van der Waals surface area contributed by atoms with Gasteiger partial charge in [-0.3, -0.25) is 4.68 Å². The van der Waals surface area contributed by atoms with Gasteiger partial charge in [-0.15, -0.1) is 0 Å². The van der Waals surface area contributed by atoms with Gasteiger partial charge in [-0.2, -0.15) is 5.10 Å². The molecule has 1 fully saturated rings. The highest BCUT2D eigenvalue weighted by molar-refractivity contribution is 4.84. The summed E-state index contributed by atoms with van der Waals surface area (Å²) in [4.78, 5) is 0. The molecule has 0 unspecified atom stereocenters. The zero-order valence-corrected chi connectivity index (χ0v) is 7.94. The van der Waals surface area contributed by atoms with Crippen LogP contribution in [-0.2, 0) is 0 Å². The molecule has 2 rings (SSSR count). The second-order valence-corrected chi connectivity index (χ2v) is 3.89. The smallest absolute Gasteiger partial charge is 0.241 e. The number of nitrogens with zero attached hydrogens (tertiary/aromatic N) is 2. The van der Waals surface area contributed by atoms with E-state index < -0.39 is 6.43 Å². The van der Waals surface area contributed by atoms with Crippen molar-refractivity contribution in [1.29, 1.82) is 0 Å². The maximum Gasteiger partial charge on any atom is 0.241 e. The fraction of sp³-hybridized carbons (Fsp3) is 0.700. The molecule has 1 aromatic heterocycles. The number of alkyl halides is 2. The van der Waals surface area contributed by atoms with Gasteiger partial charge in [0.05, 0.1) is 6.04 Å². The fourth-order valence-electron chi connectivity index (χ4n) is 2.11. The molecule has 2 nitrogen and oxygen atoms in total. The molecular weight excluding hydrogens is 186 g/mol. The molecule has 0 saturated heterocycles. The standard InChI is InChI=1S/C10H14F2N2/c11-10(12)8-2-4-9(5-3-8)14-7-1-6-13-14/h1,6-10H,2-5H2. The van der Waals surface area contributed by atoms with Crippen LogP contribution in [0.2, 0.25) is 0 Å². The third-order valence-electron chi connectivity index (χ3n) is 3.00. The number of hydrogen-bond donors (Lipinski definition) is 0. The van der Waals surface area contributed by atoms with Crippen LogP contribution in [0.3, 0.4) is 0 Å².